The number of anilines is 1. The molecule has 0 aromatic heterocycles. The highest BCUT2D eigenvalue weighted by atomic mass is 19.1. The monoisotopic (exact) mass is 498 g/mol. The van der Waals surface area contributed by atoms with Crippen LogP contribution in [-0.4, -0.2) is 73.5 Å². The number of amides is 2. The zero-order chi connectivity index (χ0) is 25.9. The molecule has 0 saturated carbocycles. The van der Waals surface area contributed by atoms with E-state index in [1.165, 1.54) is 12.1 Å². The van der Waals surface area contributed by atoms with Gasteiger partial charge in [-0.05, 0) is 42.7 Å². The molecule has 0 spiro atoms. The fourth-order valence-corrected chi connectivity index (χ4v) is 4.31. The van der Waals surface area contributed by atoms with Crippen LogP contribution in [0, 0.1) is 5.82 Å². The van der Waals surface area contributed by atoms with E-state index >= 15 is 0 Å². The van der Waals surface area contributed by atoms with Gasteiger partial charge in [0.2, 0.25) is 11.8 Å². The van der Waals surface area contributed by atoms with Gasteiger partial charge in [0.05, 0.1) is 13.2 Å². The molecule has 0 atom stereocenters. The molecule has 9 heteroatoms. The van der Waals surface area contributed by atoms with Gasteiger partial charge in [-0.1, -0.05) is 30.3 Å². The number of hydrogen-bond acceptors (Lipinski definition) is 6. The van der Waals surface area contributed by atoms with Crippen molar-refractivity contribution < 1.29 is 23.5 Å². The maximum Gasteiger partial charge on any atom is 0.325 e. The molecule has 1 aliphatic rings. The van der Waals surface area contributed by atoms with Gasteiger partial charge >= 0.3 is 5.97 Å². The predicted octanol–water partition coefficient (Wildman–Crippen LogP) is 2.57. The third kappa shape index (κ3) is 8.42. The summed E-state index contributed by atoms with van der Waals surface area (Å²) in [6, 6.07) is 14.2. The van der Waals surface area contributed by atoms with Gasteiger partial charge in [0.25, 0.3) is 0 Å². The zero-order valence-corrected chi connectivity index (χ0v) is 21.0. The largest absolute Gasteiger partial charge is 0.465 e. The van der Waals surface area contributed by atoms with Crippen molar-refractivity contribution in [1.29, 1.82) is 0 Å². The smallest absolute Gasteiger partial charge is 0.325 e. The van der Waals surface area contributed by atoms with Gasteiger partial charge in [0.15, 0.2) is 0 Å². The molecular formula is C27H35FN4O4. The molecule has 8 nitrogen and oxygen atoms in total. The zero-order valence-electron chi connectivity index (χ0n) is 21.0. The molecule has 0 bridgehead atoms. The summed E-state index contributed by atoms with van der Waals surface area (Å²) in [5.74, 6) is -1.06. The molecule has 0 unspecified atom stereocenters. The number of hydrogen-bond donors (Lipinski definition) is 1. The number of nitrogens with zero attached hydrogens (tertiary/aromatic N) is 3. The summed E-state index contributed by atoms with van der Waals surface area (Å²) in [5.41, 5.74) is 2.79. The lowest BCUT2D eigenvalue weighted by atomic mass is 10.1. The number of nitrogens with one attached hydrogen (secondary N) is 1. The van der Waals surface area contributed by atoms with Crippen molar-refractivity contribution in [2.75, 3.05) is 50.8 Å². The van der Waals surface area contributed by atoms with Crippen LogP contribution in [0.15, 0.2) is 48.5 Å². The Hall–Kier alpha value is -3.30. The Bertz CT molecular complexity index is 1030. The molecule has 36 heavy (non-hydrogen) atoms. The molecule has 2 aromatic rings. The minimum atomic E-state index is -0.476. The first-order chi connectivity index (χ1) is 17.4. The van der Waals surface area contributed by atoms with Crippen molar-refractivity contribution in [3.63, 3.8) is 0 Å². The topological polar surface area (TPSA) is 82.2 Å². The van der Waals surface area contributed by atoms with E-state index in [0.717, 1.165) is 29.8 Å². The highest BCUT2D eigenvalue weighted by molar-refractivity contribution is 5.92. The first kappa shape index (κ1) is 27.3. The maximum absolute atomic E-state index is 13.4. The van der Waals surface area contributed by atoms with E-state index in [1.54, 1.807) is 30.9 Å². The van der Waals surface area contributed by atoms with E-state index in [4.69, 9.17) is 4.74 Å². The van der Waals surface area contributed by atoms with Crippen LogP contribution >= 0.6 is 0 Å². The molecule has 2 aromatic carbocycles. The van der Waals surface area contributed by atoms with Crippen LogP contribution in [0.4, 0.5) is 10.1 Å². The van der Waals surface area contributed by atoms with Crippen molar-refractivity contribution >= 4 is 23.5 Å². The van der Waals surface area contributed by atoms with E-state index < -0.39 is 5.97 Å². The Morgan fingerprint density at radius 3 is 2.42 bits per heavy atom. The SMILES string of the molecule is CCOC(=O)CNC(=O)CN1CCN(Cc2ccc(F)cc2)CCCN(C(C)=O)c2ccccc2C1. The van der Waals surface area contributed by atoms with E-state index in [0.29, 0.717) is 32.7 Å². The Labute approximate surface area is 212 Å². The van der Waals surface area contributed by atoms with Crippen molar-refractivity contribution in [1.82, 2.24) is 15.1 Å². The molecule has 2 amide bonds. The lowest BCUT2D eigenvalue weighted by Crippen LogP contribution is -2.42. The van der Waals surface area contributed by atoms with E-state index in [9.17, 15) is 18.8 Å². The average molecular weight is 499 g/mol. The van der Waals surface area contributed by atoms with Crippen LogP contribution in [0.25, 0.3) is 0 Å². The van der Waals surface area contributed by atoms with Gasteiger partial charge in [-0.2, -0.15) is 0 Å². The molecule has 1 N–H and O–H groups in total. The molecule has 0 aliphatic carbocycles. The minimum Gasteiger partial charge on any atom is -0.465 e. The van der Waals surface area contributed by atoms with Gasteiger partial charge in [-0.15, -0.1) is 0 Å². The highest BCUT2D eigenvalue weighted by Gasteiger charge is 2.21. The molecule has 1 heterocycles. The van der Waals surface area contributed by atoms with Crippen LogP contribution < -0.4 is 10.2 Å². The Kier molecular flexibility index (Phi) is 10.4. The number of rotatable bonds is 7. The number of ether oxygens (including phenoxy) is 1. The number of carbonyl (C=O) groups is 3. The summed E-state index contributed by atoms with van der Waals surface area (Å²) in [7, 11) is 0. The fraction of sp³-hybridized carbons (Fsp3) is 0.444. The maximum atomic E-state index is 13.4. The number of para-hydroxylation sites is 1. The number of benzene rings is 2. The Morgan fingerprint density at radius 1 is 0.972 bits per heavy atom. The highest BCUT2D eigenvalue weighted by Crippen LogP contribution is 2.23. The third-order valence-corrected chi connectivity index (χ3v) is 6.07. The molecule has 3 rings (SSSR count). The number of halogens is 1. The molecule has 0 saturated heterocycles. The Balaban J connectivity index is 1.79. The average Bonchev–Trinajstić information content (AvgIpc) is 2.88. The van der Waals surface area contributed by atoms with Crippen molar-refractivity contribution in [3.05, 3.63) is 65.5 Å². The van der Waals surface area contributed by atoms with Crippen LogP contribution in [-0.2, 0) is 32.2 Å². The summed E-state index contributed by atoms with van der Waals surface area (Å²) >= 11 is 0. The second-order valence-electron chi connectivity index (χ2n) is 8.85. The summed E-state index contributed by atoms with van der Waals surface area (Å²) < 4.78 is 18.3. The van der Waals surface area contributed by atoms with Crippen LogP contribution in [0.2, 0.25) is 0 Å². The normalized spacial score (nSPS) is 15.5. The second-order valence-corrected chi connectivity index (χ2v) is 8.85. The molecule has 0 fully saturated rings. The first-order valence-corrected chi connectivity index (χ1v) is 12.3. The van der Waals surface area contributed by atoms with Gasteiger partial charge in [0.1, 0.15) is 12.4 Å². The number of esters is 1. The van der Waals surface area contributed by atoms with E-state index in [1.807, 2.05) is 29.2 Å². The second kappa shape index (κ2) is 13.7. The summed E-state index contributed by atoms with van der Waals surface area (Å²) in [4.78, 5) is 42.9. The van der Waals surface area contributed by atoms with Gasteiger partial charge in [-0.25, -0.2) is 4.39 Å². The van der Waals surface area contributed by atoms with Gasteiger partial charge < -0.3 is 15.0 Å². The summed E-state index contributed by atoms with van der Waals surface area (Å²) in [5, 5.41) is 2.63. The van der Waals surface area contributed by atoms with Gasteiger partial charge in [-0.3, -0.25) is 24.2 Å². The Morgan fingerprint density at radius 2 is 1.69 bits per heavy atom. The summed E-state index contributed by atoms with van der Waals surface area (Å²) in [6.45, 7) is 7.16. The van der Waals surface area contributed by atoms with Crippen molar-refractivity contribution in [3.8, 4) is 0 Å². The molecule has 1 aliphatic heterocycles. The first-order valence-electron chi connectivity index (χ1n) is 12.3. The lowest BCUT2D eigenvalue weighted by Gasteiger charge is -2.27. The number of carbonyl (C=O) groups excluding carboxylic acids is 3. The van der Waals surface area contributed by atoms with E-state index in [2.05, 4.69) is 10.2 Å². The quantitative estimate of drug-likeness (QED) is 0.591. The van der Waals surface area contributed by atoms with E-state index in [-0.39, 0.29) is 37.3 Å². The molecule has 0 radical (unpaired) electrons. The van der Waals surface area contributed by atoms with Crippen LogP contribution in [0.3, 0.4) is 0 Å². The minimum absolute atomic E-state index is 0.0366. The lowest BCUT2D eigenvalue weighted by molar-refractivity contribution is -0.143. The molecular weight excluding hydrogens is 463 g/mol. The predicted molar refractivity (Wildman–Crippen MR) is 136 cm³/mol. The summed E-state index contributed by atoms with van der Waals surface area (Å²) in [6.07, 6.45) is 0.773. The number of fused-ring (bicyclic) bond motifs is 1. The van der Waals surface area contributed by atoms with Crippen LogP contribution in [0.1, 0.15) is 31.4 Å². The van der Waals surface area contributed by atoms with Crippen molar-refractivity contribution in [2.45, 2.75) is 33.4 Å². The van der Waals surface area contributed by atoms with Crippen LogP contribution in [0.5, 0.6) is 0 Å². The fourth-order valence-electron chi connectivity index (χ4n) is 4.31. The standard InChI is InChI=1S/C27H35FN4O4/c1-3-36-27(35)17-29-26(34)20-31-16-15-30(18-22-9-11-24(28)12-10-22)13-6-14-32(21(2)33)25-8-5-4-7-23(25)19-31/h4-5,7-12H,3,6,13-20H2,1-2H3,(H,29,34). The molecule has 194 valence electrons. The van der Waals surface area contributed by atoms with Gasteiger partial charge in [0, 0.05) is 51.9 Å². The van der Waals surface area contributed by atoms with Crippen molar-refractivity contribution in [2.24, 2.45) is 0 Å². The third-order valence-electron chi connectivity index (χ3n) is 6.07.